The highest BCUT2D eigenvalue weighted by atomic mass is 35.5. The molecular formula is C19H12ClF2NO. The molecule has 0 bridgehead atoms. The third-order valence-corrected chi connectivity index (χ3v) is 4.69. The highest BCUT2D eigenvalue weighted by Gasteiger charge is 2.19. The third-order valence-electron chi connectivity index (χ3n) is 4.38. The van der Waals surface area contributed by atoms with Crippen molar-refractivity contribution in [2.75, 3.05) is 5.32 Å². The Labute approximate surface area is 142 Å². The van der Waals surface area contributed by atoms with Gasteiger partial charge in [-0.25, -0.2) is 8.78 Å². The summed E-state index contributed by atoms with van der Waals surface area (Å²) in [5, 5.41) is 4.73. The van der Waals surface area contributed by atoms with Crippen LogP contribution in [0.5, 0.6) is 0 Å². The number of hydrogen-bond acceptors (Lipinski definition) is 1. The number of carbonyl (C=O) groups excluding carboxylic acids is 1. The van der Waals surface area contributed by atoms with E-state index in [-0.39, 0.29) is 10.6 Å². The van der Waals surface area contributed by atoms with Crippen LogP contribution in [-0.4, -0.2) is 5.91 Å². The normalized spacial score (nSPS) is 12.6. The summed E-state index contributed by atoms with van der Waals surface area (Å²) in [6.07, 6.45) is 1.97. The third kappa shape index (κ3) is 2.34. The van der Waals surface area contributed by atoms with Crippen molar-refractivity contribution in [1.29, 1.82) is 0 Å². The molecule has 0 saturated heterocycles. The molecule has 1 amide bonds. The number of anilines is 1. The SMILES string of the molecule is O=C(Nc1ccc2c3c(cccc13)CC2)c1cc(F)c(F)cc1Cl. The predicted molar refractivity (Wildman–Crippen MR) is 90.7 cm³/mol. The van der Waals surface area contributed by atoms with Crippen LogP contribution in [-0.2, 0) is 12.8 Å². The molecule has 120 valence electrons. The van der Waals surface area contributed by atoms with Crippen LogP contribution in [0.4, 0.5) is 14.5 Å². The van der Waals surface area contributed by atoms with Crippen LogP contribution in [0.1, 0.15) is 21.5 Å². The number of aryl methyl sites for hydroxylation is 2. The lowest BCUT2D eigenvalue weighted by Crippen LogP contribution is -2.13. The quantitative estimate of drug-likeness (QED) is 0.643. The van der Waals surface area contributed by atoms with Gasteiger partial charge in [0, 0.05) is 11.1 Å². The van der Waals surface area contributed by atoms with Gasteiger partial charge in [-0.15, -0.1) is 0 Å². The Kier molecular flexibility index (Phi) is 3.50. The summed E-state index contributed by atoms with van der Waals surface area (Å²) in [6, 6.07) is 11.4. The van der Waals surface area contributed by atoms with Crippen LogP contribution in [0.15, 0.2) is 42.5 Å². The lowest BCUT2D eigenvalue weighted by Gasteiger charge is -2.11. The first-order valence-electron chi connectivity index (χ1n) is 7.54. The van der Waals surface area contributed by atoms with E-state index in [4.69, 9.17) is 11.6 Å². The Hall–Kier alpha value is -2.46. The maximum atomic E-state index is 13.4. The highest BCUT2D eigenvalue weighted by molar-refractivity contribution is 6.34. The Morgan fingerprint density at radius 2 is 1.71 bits per heavy atom. The number of carbonyl (C=O) groups is 1. The molecule has 0 fully saturated rings. The predicted octanol–water partition coefficient (Wildman–Crippen LogP) is 5.12. The van der Waals surface area contributed by atoms with Crippen LogP contribution in [0.25, 0.3) is 10.8 Å². The maximum Gasteiger partial charge on any atom is 0.257 e. The van der Waals surface area contributed by atoms with Gasteiger partial charge in [0.25, 0.3) is 5.91 Å². The molecule has 0 radical (unpaired) electrons. The fraction of sp³-hybridized carbons (Fsp3) is 0.105. The van der Waals surface area contributed by atoms with Crippen LogP contribution < -0.4 is 5.32 Å². The molecule has 0 spiro atoms. The first kappa shape index (κ1) is 15.1. The first-order chi connectivity index (χ1) is 11.5. The molecule has 0 heterocycles. The minimum atomic E-state index is -1.11. The second kappa shape index (κ2) is 5.56. The highest BCUT2D eigenvalue weighted by Crippen LogP contribution is 2.35. The summed E-state index contributed by atoms with van der Waals surface area (Å²) < 4.78 is 26.6. The average Bonchev–Trinajstić information content (AvgIpc) is 2.98. The molecule has 1 N–H and O–H groups in total. The zero-order valence-electron chi connectivity index (χ0n) is 12.5. The van der Waals surface area contributed by atoms with Gasteiger partial charge in [0.1, 0.15) is 0 Å². The van der Waals surface area contributed by atoms with Gasteiger partial charge in [0.05, 0.1) is 10.6 Å². The van der Waals surface area contributed by atoms with E-state index in [0.29, 0.717) is 5.69 Å². The van der Waals surface area contributed by atoms with E-state index in [2.05, 4.69) is 11.4 Å². The molecule has 3 aromatic carbocycles. The van der Waals surface area contributed by atoms with E-state index < -0.39 is 17.5 Å². The van der Waals surface area contributed by atoms with E-state index in [1.807, 2.05) is 24.3 Å². The molecule has 1 aliphatic rings. The number of halogens is 3. The van der Waals surface area contributed by atoms with Gasteiger partial charge >= 0.3 is 0 Å². The molecular weight excluding hydrogens is 332 g/mol. The molecule has 0 atom stereocenters. The van der Waals surface area contributed by atoms with Crippen molar-refractivity contribution in [3.63, 3.8) is 0 Å². The molecule has 2 nitrogen and oxygen atoms in total. The fourth-order valence-corrected chi connectivity index (χ4v) is 3.48. The minimum absolute atomic E-state index is 0.0983. The second-order valence-corrected chi connectivity index (χ2v) is 6.22. The molecule has 1 aliphatic carbocycles. The Bertz CT molecular complexity index is 990. The van der Waals surface area contributed by atoms with E-state index in [9.17, 15) is 13.6 Å². The summed E-state index contributed by atoms with van der Waals surface area (Å²) in [7, 11) is 0. The van der Waals surface area contributed by atoms with Gasteiger partial charge in [-0.05, 0) is 47.6 Å². The van der Waals surface area contributed by atoms with Crippen LogP contribution in [0.3, 0.4) is 0 Å². The standard InChI is InChI=1S/C19H12ClF2NO/c20-14-9-16(22)15(21)8-13(14)19(24)23-17-7-6-11-5-4-10-2-1-3-12(17)18(10)11/h1-3,6-9H,4-5H2,(H,23,24). The maximum absolute atomic E-state index is 13.4. The van der Waals surface area contributed by atoms with Crippen molar-refractivity contribution in [3.05, 3.63) is 75.8 Å². The summed E-state index contributed by atoms with van der Waals surface area (Å²) in [4.78, 5) is 12.4. The van der Waals surface area contributed by atoms with Crippen LogP contribution >= 0.6 is 11.6 Å². The number of amides is 1. The number of benzene rings is 3. The van der Waals surface area contributed by atoms with E-state index >= 15 is 0 Å². The topological polar surface area (TPSA) is 29.1 Å². The lowest BCUT2D eigenvalue weighted by molar-refractivity contribution is 0.102. The molecule has 3 aromatic rings. The Morgan fingerprint density at radius 1 is 1.00 bits per heavy atom. The summed E-state index contributed by atoms with van der Waals surface area (Å²) >= 11 is 5.87. The summed E-state index contributed by atoms with van der Waals surface area (Å²) in [5.74, 6) is -2.76. The van der Waals surface area contributed by atoms with Gasteiger partial charge < -0.3 is 5.32 Å². The molecule has 0 aromatic heterocycles. The van der Waals surface area contributed by atoms with Gasteiger partial charge in [0.2, 0.25) is 0 Å². The van der Waals surface area contributed by atoms with E-state index in [1.165, 1.54) is 11.1 Å². The van der Waals surface area contributed by atoms with Crippen molar-refractivity contribution in [3.8, 4) is 0 Å². The van der Waals surface area contributed by atoms with Crippen molar-refractivity contribution in [2.45, 2.75) is 12.8 Å². The number of nitrogens with one attached hydrogen (secondary N) is 1. The number of hydrogen-bond donors (Lipinski definition) is 1. The van der Waals surface area contributed by atoms with Gasteiger partial charge in [0.15, 0.2) is 11.6 Å². The van der Waals surface area contributed by atoms with E-state index in [1.54, 1.807) is 0 Å². The minimum Gasteiger partial charge on any atom is -0.321 e. The number of rotatable bonds is 2. The summed E-state index contributed by atoms with van der Waals surface area (Å²) in [5.41, 5.74) is 3.04. The van der Waals surface area contributed by atoms with Crippen LogP contribution in [0, 0.1) is 11.6 Å². The second-order valence-electron chi connectivity index (χ2n) is 5.81. The average molecular weight is 344 g/mol. The Morgan fingerprint density at radius 3 is 2.50 bits per heavy atom. The van der Waals surface area contributed by atoms with Crippen molar-refractivity contribution < 1.29 is 13.6 Å². The molecule has 0 saturated carbocycles. The zero-order valence-corrected chi connectivity index (χ0v) is 13.3. The molecule has 5 heteroatoms. The summed E-state index contributed by atoms with van der Waals surface area (Å²) in [6.45, 7) is 0. The van der Waals surface area contributed by atoms with Gasteiger partial charge in [-0.1, -0.05) is 35.9 Å². The van der Waals surface area contributed by atoms with Crippen molar-refractivity contribution in [1.82, 2.24) is 0 Å². The van der Waals surface area contributed by atoms with E-state index in [0.717, 1.165) is 35.7 Å². The fourth-order valence-electron chi connectivity index (χ4n) is 3.24. The van der Waals surface area contributed by atoms with Crippen molar-refractivity contribution in [2.24, 2.45) is 0 Å². The zero-order chi connectivity index (χ0) is 16.8. The first-order valence-corrected chi connectivity index (χ1v) is 7.92. The lowest BCUT2D eigenvalue weighted by atomic mass is 10.0. The van der Waals surface area contributed by atoms with Crippen molar-refractivity contribution >= 4 is 34.0 Å². The van der Waals surface area contributed by atoms with Crippen LogP contribution in [0.2, 0.25) is 5.02 Å². The van der Waals surface area contributed by atoms with Gasteiger partial charge in [-0.3, -0.25) is 4.79 Å². The molecule has 4 rings (SSSR count). The monoisotopic (exact) mass is 343 g/mol. The molecule has 24 heavy (non-hydrogen) atoms. The molecule has 0 aliphatic heterocycles. The largest absolute Gasteiger partial charge is 0.321 e. The smallest absolute Gasteiger partial charge is 0.257 e. The Balaban J connectivity index is 1.76. The van der Waals surface area contributed by atoms with Gasteiger partial charge in [-0.2, -0.15) is 0 Å². The molecule has 0 unspecified atom stereocenters.